The number of nitro groups is 1. The van der Waals surface area contributed by atoms with Gasteiger partial charge in [-0.2, -0.15) is 0 Å². The molecule has 1 aromatic carbocycles. The van der Waals surface area contributed by atoms with Gasteiger partial charge in [0.2, 0.25) is 0 Å². The normalized spacial score (nSPS) is 10.3. The lowest BCUT2D eigenvalue weighted by atomic mass is 10.2. The zero-order chi connectivity index (χ0) is 11.7. The zero-order valence-electron chi connectivity index (χ0n) is 8.41. The van der Waals surface area contributed by atoms with Crippen LogP contribution >= 0.6 is 0 Å². The smallest absolute Gasteiger partial charge is 0.283 e. The molecule has 0 fully saturated rings. The highest BCUT2D eigenvalue weighted by molar-refractivity contribution is 5.87. The van der Waals surface area contributed by atoms with Gasteiger partial charge in [-0.1, -0.05) is 6.07 Å². The number of aromatic nitrogens is 1. The van der Waals surface area contributed by atoms with Gasteiger partial charge >= 0.3 is 0 Å². The van der Waals surface area contributed by atoms with Crippen molar-refractivity contribution in [1.29, 1.82) is 0 Å². The molecule has 0 aliphatic rings. The van der Waals surface area contributed by atoms with Gasteiger partial charge in [0.25, 0.3) is 11.2 Å². The van der Waals surface area contributed by atoms with Crippen molar-refractivity contribution in [2.75, 3.05) is 7.11 Å². The molecule has 0 aliphatic carbocycles. The van der Waals surface area contributed by atoms with Crippen LogP contribution < -0.4 is 10.4 Å². The fourth-order valence-corrected chi connectivity index (χ4v) is 1.58. The third-order valence-corrected chi connectivity index (χ3v) is 2.25. The van der Waals surface area contributed by atoms with Gasteiger partial charge in [0.15, 0.2) is 0 Å². The van der Waals surface area contributed by atoms with E-state index in [0.29, 0.717) is 10.9 Å². The average Bonchev–Trinajstić information content (AvgIpc) is 2.27. The summed E-state index contributed by atoms with van der Waals surface area (Å²) in [5.41, 5.74) is -0.0389. The molecule has 0 N–H and O–H groups in total. The van der Waals surface area contributed by atoms with Gasteiger partial charge in [-0.15, -0.1) is 4.73 Å². The van der Waals surface area contributed by atoms with E-state index < -0.39 is 4.92 Å². The lowest BCUT2D eigenvalue weighted by Gasteiger charge is -2.07. The molecule has 2 aromatic rings. The summed E-state index contributed by atoms with van der Waals surface area (Å²) in [4.78, 5) is 26.6. The largest absolute Gasteiger partial charge is 0.413 e. The molecule has 6 nitrogen and oxygen atoms in total. The monoisotopic (exact) mass is 220 g/mol. The molecule has 0 saturated heterocycles. The highest BCUT2D eigenvalue weighted by atomic mass is 16.6. The van der Waals surface area contributed by atoms with Gasteiger partial charge in [-0.05, 0) is 12.1 Å². The summed E-state index contributed by atoms with van der Waals surface area (Å²) in [6, 6.07) is 7.14. The maximum absolute atomic E-state index is 11.4. The first-order valence-corrected chi connectivity index (χ1v) is 4.49. The van der Waals surface area contributed by atoms with E-state index in [0.717, 1.165) is 4.73 Å². The van der Waals surface area contributed by atoms with E-state index in [4.69, 9.17) is 4.84 Å². The van der Waals surface area contributed by atoms with Gasteiger partial charge in [0, 0.05) is 12.1 Å². The molecule has 0 spiro atoms. The number of pyridine rings is 1. The van der Waals surface area contributed by atoms with Crippen LogP contribution in [0.3, 0.4) is 0 Å². The fourth-order valence-electron chi connectivity index (χ4n) is 1.58. The van der Waals surface area contributed by atoms with Crippen LogP contribution in [0.15, 0.2) is 35.1 Å². The van der Waals surface area contributed by atoms with Gasteiger partial charge in [-0.3, -0.25) is 14.9 Å². The molecule has 0 atom stereocenters. The van der Waals surface area contributed by atoms with Crippen LogP contribution in [-0.2, 0) is 0 Å². The van der Waals surface area contributed by atoms with E-state index in [2.05, 4.69) is 0 Å². The lowest BCUT2D eigenvalue weighted by molar-refractivity contribution is -0.383. The molecule has 0 aliphatic heterocycles. The number of non-ortho nitro benzene ring substituents is 1. The second kappa shape index (κ2) is 3.65. The molecule has 16 heavy (non-hydrogen) atoms. The Balaban J connectivity index is 2.92. The van der Waals surface area contributed by atoms with E-state index in [-0.39, 0.29) is 11.2 Å². The van der Waals surface area contributed by atoms with Crippen LogP contribution in [0.1, 0.15) is 0 Å². The van der Waals surface area contributed by atoms with Crippen molar-refractivity contribution >= 4 is 16.6 Å². The van der Waals surface area contributed by atoms with Crippen molar-refractivity contribution in [1.82, 2.24) is 4.73 Å². The summed E-state index contributed by atoms with van der Waals surface area (Å²) in [5.74, 6) is 0. The Labute approximate surface area is 89.8 Å². The Morgan fingerprint density at radius 3 is 2.69 bits per heavy atom. The topological polar surface area (TPSA) is 74.4 Å². The summed E-state index contributed by atoms with van der Waals surface area (Å²) < 4.78 is 1.02. The predicted octanol–water partition coefficient (Wildman–Crippen LogP) is 0.968. The van der Waals surface area contributed by atoms with Crippen LogP contribution in [0.5, 0.6) is 0 Å². The standard InChI is InChI=1S/C10H8N2O4/c1-16-11-8-3-2-4-9(12(14)15)7(8)5-6-10(11)13/h2-6H,1H3. The Morgan fingerprint density at radius 1 is 1.31 bits per heavy atom. The molecule has 0 saturated carbocycles. The second-order valence-electron chi connectivity index (χ2n) is 3.12. The Hall–Kier alpha value is -2.37. The number of hydrogen-bond donors (Lipinski definition) is 0. The van der Waals surface area contributed by atoms with E-state index in [9.17, 15) is 14.9 Å². The van der Waals surface area contributed by atoms with Crippen LogP contribution in [0, 0.1) is 10.1 Å². The molecule has 6 heteroatoms. The van der Waals surface area contributed by atoms with Crippen molar-refractivity contribution in [3.63, 3.8) is 0 Å². The van der Waals surface area contributed by atoms with E-state index in [1.807, 2.05) is 0 Å². The number of benzene rings is 1. The van der Waals surface area contributed by atoms with Gasteiger partial charge < -0.3 is 4.84 Å². The number of nitrogens with zero attached hydrogens (tertiary/aromatic N) is 2. The van der Waals surface area contributed by atoms with Gasteiger partial charge in [-0.25, -0.2) is 0 Å². The summed E-state index contributed by atoms with van der Waals surface area (Å²) in [6.07, 6.45) is 0. The predicted molar refractivity (Wildman–Crippen MR) is 57.4 cm³/mol. The van der Waals surface area contributed by atoms with Gasteiger partial charge in [0.1, 0.15) is 7.11 Å². The summed E-state index contributed by atoms with van der Waals surface area (Å²) >= 11 is 0. The molecule has 0 unspecified atom stereocenters. The zero-order valence-corrected chi connectivity index (χ0v) is 8.41. The molecule has 82 valence electrons. The molecule has 2 rings (SSSR count). The first-order valence-electron chi connectivity index (χ1n) is 4.49. The minimum Gasteiger partial charge on any atom is -0.413 e. The van der Waals surface area contributed by atoms with Crippen LogP contribution in [0.4, 0.5) is 5.69 Å². The molecule has 1 heterocycles. The lowest BCUT2D eigenvalue weighted by Crippen LogP contribution is -2.24. The third kappa shape index (κ3) is 1.40. The summed E-state index contributed by atoms with van der Waals surface area (Å²) in [6.45, 7) is 0. The third-order valence-electron chi connectivity index (χ3n) is 2.25. The highest BCUT2D eigenvalue weighted by Gasteiger charge is 2.13. The van der Waals surface area contributed by atoms with Crippen molar-refractivity contribution in [2.24, 2.45) is 0 Å². The molecular weight excluding hydrogens is 212 g/mol. The Morgan fingerprint density at radius 2 is 2.06 bits per heavy atom. The highest BCUT2D eigenvalue weighted by Crippen LogP contribution is 2.23. The van der Waals surface area contributed by atoms with Crippen LogP contribution in [-0.4, -0.2) is 16.8 Å². The Kier molecular flexibility index (Phi) is 2.32. The molecular formula is C10H8N2O4. The average molecular weight is 220 g/mol. The van der Waals surface area contributed by atoms with Crippen molar-refractivity contribution in [2.45, 2.75) is 0 Å². The molecule has 0 amide bonds. The Bertz CT molecular complexity index is 618. The maximum Gasteiger partial charge on any atom is 0.283 e. The minimum absolute atomic E-state index is 0.0525. The van der Waals surface area contributed by atoms with E-state index >= 15 is 0 Å². The number of nitro benzene ring substituents is 1. The fraction of sp³-hybridized carbons (Fsp3) is 0.100. The van der Waals surface area contributed by atoms with E-state index in [1.54, 1.807) is 6.07 Å². The summed E-state index contributed by atoms with van der Waals surface area (Å²) in [5, 5.41) is 11.1. The molecule has 0 bridgehead atoms. The quantitative estimate of drug-likeness (QED) is 0.558. The molecule has 0 radical (unpaired) electrons. The number of fused-ring (bicyclic) bond motifs is 1. The first-order chi connectivity index (χ1) is 7.65. The van der Waals surface area contributed by atoms with Crippen LogP contribution in [0.25, 0.3) is 10.9 Å². The van der Waals surface area contributed by atoms with Crippen molar-refractivity contribution < 1.29 is 9.76 Å². The number of hydrogen-bond acceptors (Lipinski definition) is 4. The molecule has 1 aromatic heterocycles. The first kappa shape index (κ1) is 10.2. The number of rotatable bonds is 2. The van der Waals surface area contributed by atoms with E-state index in [1.165, 1.54) is 31.4 Å². The van der Waals surface area contributed by atoms with Gasteiger partial charge in [0.05, 0.1) is 15.8 Å². The van der Waals surface area contributed by atoms with Crippen molar-refractivity contribution in [3.05, 3.63) is 50.8 Å². The van der Waals surface area contributed by atoms with Crippen LogP contribution in [0.2, 0.25) is 0 Å². The second-order valence-corrected chi connectivity index (χ2v) is 3.12. The minimum atomic E-state index is -0.493. The summed E-state index contributed by atoms with van der Waals surface area (Å²) in [7, 11) is 1.33. The van der Waals surface area contributed by atoms with Crippen molar-refractivity contribution in [3.8, 4) is 0 Å². The maximum atomic E-state index is 11.4. The SMILES string of the molecule is COn1c(=O)ccc2c([N+](=O)[O-])cccc21.